The largest absolute Gasteiger partial charge is 0.494 e. The highest BCUT2D eigenvalue weighted by atomic mass is 16.5. The van der Waals surface area contributed by atoms with E-state index < -0.39 is 11.9 Å². The van der Waals surface area contributed by atoms with Gasteiger partial charge in [-0.3, -0.25) is 0 Å². The van der Waals surface area contributed by atoms with Crippen molar-refractivity contribution in [2.45, 2.75) is 12.8 Å². The first kappa shape index (κ1) is 19.1. The predicted octanol–water partition coefficient (Wildman–Crippen LogP) is 3.48. The van der Waals surface area contributed by atoms with Crippen LogP contribution < -0.4 is 10.5 Å². The fraction of sp³-hybridized carbons (Fsp3) is 0.182. The number of carbonyl (C=O) groups is 1. The predicted molar refractivity (Wildman–Crippen MR) is 104 cm³/mol. The van der Waals surface area contributed by atoms with Gasteiger partial charge in [-0.15, -0.1) is 0 Å². The molecule has 0 fully saturated rings. The normalized spacial score (nSPS) is 16.2. The molecule has 0 bridgehead atoms. The van der Waals surface area contributed by atoms with Crippen molar-refractivity contribution in [3.8, 4) is 11.8 Å². The molecule has 6 heteroatoms. The number of hydrogen-bond donors (Lipinski definition) is 1. The van der Waals surface area contributed by atoms with Gasteiger partial charge in [-0.1, -0.05) is 42.5 Å². The van der Waals surface area contributed by atoms with Crippen molar-refractivity contribution in [1.29, 1.82) is 5.26 Å². The molecule has 28 heavy (non-hydrogen) atoms. The number of carbonyl (C=O) groups excluding carboxylic acids is 1. The second kappa shape index (κ2) is 8.31. The van der Waals surface area contributed by atoms with Gasteiger partial charge in [0, 0.05) is 5.56 Å². The van der Waals surface area contributed by atoms with Gasteiger partial charge in [0.1, 0.15) is 11.3 Å². The molecule has 1 unspecified atom stereocenters. The van der Waals surface area contributed by atoms with Crippen LogP contribution in [-0.4, -0.2) is 19.7 Å². The molecule has 3 rings (SSSR count). The lowest BCUT2D eigenvalue weighted by molar-refractivity contribution is -0.136. The van der Waals surface area contributed by atoms with Crippen LogP contribution in [-0.2, 0) is 14.3 Å². The zero-order chi connectivity index (χ0) is 20.1. The van der Waals surface area contributed by atoms with E-state index in [-0.39, 0.29) is 17.0 Å². The van der Waals surface area contributed by atoms with Crippen LogP contribution in [0.4, 0.5) is 0 Å². The van der Waals surface area contributed by atoms with Gasteiger partial charge in [0.05, 0.1) is 31.3 Å². The van der Waals surface area contributed by atoms with Crippen molar-refractivity contribution in [1.82, 2.24) is 0 Å². The molecule has 2 N–H and O–H groups in total. The molecule has 2 aromatic carbocycles. The van der Waals surface area contributed by atoms with Crippen molar-refractivity contribution < 1.29 is 19.0 Å². The van der Waals surface area contributed by atoms with Crippen LogP contribution >= 0.6 is 0 Å². The number of hydrogen-bond acceptors (Lipinski definition) is 6. The molecule has 0 amide bonds. The fourth-order valence-electron chi connectivity index (χ4n) is 3.17. The first-order valence-electron chi connectivity index (χ1n) is 8.79. The van der Waals surface area contributed by atoms with E-state index in [1.807, 2.05) is 49.4 Å². The van der Waals surface area contributed by atoms with E-state index in [0.29, 0.717) is 29.2 Å². The van der Waals surface area contributed by atoms with Crippen LogP contribution in [0, 0.1) is 11.3 Å². The number of nitrogens with zero attached hydrogens (tertiary/aromatic N) is 1. The number of rotatable bonds is 5. The van der Waals surface area contributed by atoms with Gasteiger partial charge >= 0.3 is 5.97 Å². The first-order valence-corrected chi connectivity index (χ1v) is 8.79. The summed E-state index contributed by atoms with van der Waals surface area (Å²) in [5.41, 5.74) is 7.84. The quantitative estimate of drug-likeness (QED) is 0.803. The number of allylic oxidation sites excluding steroid dienone is 1. The van der Waals surface area contributed by atoms with Gasteiger partial charge in [-0.05, 0) is 24.6 Å². The third kappa shape index (κ3) is 3.55. The summed E-state index contributed by atoms with van der Waals surface area (Å²) >= 11 is 0. The lowest BCUT2D eigenvalue weighted by Gasteiger charge is -2.28. The van der Waals surface area contributed by atoms with Crippen molar-refractivity contribution in [2.24, 2.45) is 5.73 Å². The molecule has 1 atom stereocenters. The van der Waals surface area contributed by atoms with E-state index in [2.05, 4.69) is 6.07 Å². The van der Waals surface area contributed by atoms with Gasteiger partial charge < -0.3 is 19.9 Å². The molecule has 1 aliphatic heterocycles. The maximum absolute atomic E-state index is 12.5. The van der Waals surface area contributed by atoms with Crippen LogP contribution in [0.25, 0.3) is 5.76 Å². The van der Waals surface area contributed by atoms with E-state index in [4.69, 9.17) is 19.9 Å². The van der Waals surface area contributed by atoms with Crippen molar-refractivity contribution in [3.63, 3.8) is 0 Å². The van der Waals surface area contributed by atoms with Crippen molar-refractivity contribution in [3.05, 3.63) is 82.8 Å². The SMILES string of the molecule is CCOc1cccc(C2C(C#N)=C(c3ccccc3)OC(N)=C2C(=O)OC)c1. The summed E-state index contributed by atoms with van der Waals surface area (Å²) in [5.74, 6) is -0.518. The Morgan fingerprint density at radius 1 is 1.21 bits per heavy atom. The van der Waals surface area contributed by atoms with Gasteiger partial charge in [0.25, 0.3) is 0 Å². The van der Waals surface area contributed by atoms with Crippen LogP contribution in [0.1, 0.15) is 24.0 Å². The lowest BCUT2D eigenvalue weighted by atomic mass is 9.82. The smallest absolute Gasteiger partial charge is 0.340 e. The molecular formula is C22H20N2O4. The van der Waals surface area contributed by atoms with E-state index >= 15 is 0 Å². The summed E-state index contributed by atoms with van der Waals surface area (Å²) in [6.07, 6.45) is 0. The second-order valence-corrected chi connectivity index (χ2v) is 6.03. The van der Waals surface area contributed by atoms with Crippen LogP contribution in [0.3, 0.4) is 0 Å². The Labute approximate surface area is 163 Å². The van der Waals surface area contributed by atoms with Gasteiger partial charge in [-0.2, -0.15) is 5.26 Å². The highest BCUT2D eigenvalue weighted by molar-refractivity contribution is 5.94. The summed E-state index contributed by atoms with van der Waals surface area (Å²) in [7, 11) is 1.26. The average Bonchev–Trinajstić information content (AvgIpc) is 2.73. The molecule has 0 saturated carbocycles. The maximum Gasteiger partial charge on any atom is 0.340 e. The molecule has 0 aliphatic carbocycles. The third-order valence-corrected chi connectivity index (χ3v) is 4.36. The summed E-state index contributed by atoms with van der Waals surface area (Å²) in [5, 5.41) is 9.95. The molecular weight excluding hydrogens is 356 g/mol. The van der Waals surface area contributed by atoms with Crippen molar-refractivity contribution >= 4 is 11.7 Å². The highest BCUT2D eigenvalue weighted by Gasteiger charge is 2.37. The molecule has 142 valence electrons. The van der Waals surface area contributed by atoms with E-state index in [9.17, 15) is 10.1 Å². The minimum atomic E-state index is -0.734. The van der Waals surface area contributed by atoms with Gasteiger partial charge in [0.15, 0.2) is 5.76 Å². The number of methoxy groups -OCH3 is 1. The molecule has 0 aromatic heterocycles. The molecule has 2 aromatic rings. The molecule has 0 radical (unpaired) electrons. The van der Waals surface area contributed by atoms with Crippen LogP contribution in [0.2, 0.25) is 0 Å². The number of ether oxygens (including phenoxy) is 3. The summed E-state index contributed by atoms with van der Waals surface area (Å²) in [6.45, 7) is 2.38. The monoisotopic (exact) mass is 376 g/mol. The molecule has 1 heterocycles. The van der Waals surface area contributed by atoms with Crippen molar-refractivity contribution in [2.75, 3.05) is 13.7 Å². The summed E-state index contributed by atoms with van der Waals surface area (Å²) in [4.78, 5) is 12.5. The van der Waals surface area contributed by atoms with Gasteiger partial charge in [-0.25, -0.2) is 4.79 Å². The van der Waals surface area contributed by atoms with E-state index in [1.165, 1.54) is 7.11 Å². The summed E-state index contributed by atoms with van der Waals surface area (Å²) < 4.78 is 16.2. The lowest BCUT2D eigenvalue weighted by Crippen LogP contribution is -2.26. The van der Waals surface area contributed by atoms with Crippen LogP contribution in [0.15, 0.2) is 71.6 Å². The number of benzene rings is 2. The number of esters is 1. The zero-order valence-corrected chi connectivity index (χ0v) is 15.6. The van der Waals surface area contributed by atoms with Gasteiger partial charge in [0.2, 0.25) is 5.88 Å². The zero-order valence-electron chi connectivity index (χ0n) is 15.6. The number of nitriles is 1. The second-order valence-electron chi connectivity index (χ2n) is 6.03. The molecule has 0 spiro atoms. The third-order valence-electron chi connectivity index (χ3n) is 4.36. The Bertz CT molecular complexity index is 987. The Morgan fingerprint density at radius 3 is 2.61 bits per heavy atom. The van der Waals surface area contributed by atoms with E-state index in [1.54, 1.807) is 12.1 Å². The highest BCUT2D eigenvalue weighted by Crippen LogP contribution is 2.43. The maximum atomic E-state index is 12.5. The Kier molecular flexibility index (Phi) is 5.66. The standard InChI is InChI=1S/C22H20N2O4/c1-3-27-16-11-7-10-15(12-16)18-17(13-23)20(14-8-5-4-6-9-14)28-21(24)19(18)22(25)26-2/h4-12,18H,3,24H2,1-2H3. The minimum Gasteiger partial charge on any atom is -0.494 e. The minimum absolute atomic E-state index is 0.0866. The molecule has 1 aliphatic rings. The summed E-state index contributed by atoms with van der Waals surface area (Å²) in [6, 6.07) is 18.6. The van der Waals surface area contributed by atoms with Crippen LogP contribution in [0.5, 0.6) is 5.75 Å². The van der Waals surface area contributed by atoms with E-state index in [0.717, 1.165) is 0 Å². The Hall–Kier alpha value is -3.72. The first-order chi connectivity index (χ1) is 13.6. The molecule has 6 nitrogen and oxygen atoms in total. The molecule has 0 saturated heterocycles. The number of nitrogens with two attached hydrogens (primary N) is 1. The average molecular weight is 376 g/mol. The fourth-order valence-corrected chi connectivity index (χ4v) is 3.17. The Balaban J connectivity index is 2.23. The Morgan fingerprint density at radius 2 is 1.96 bits per heavy atom. The topological polar surface area (TPSA) is 94.6 Å².